The maximum atomic E-state index is 14.0. The highest BCUT2D eigenvalue weighted by Crippen LogP contribution is 2.28. The molecule has 20 heavy (non-hydrogen) atoms. The molecule has 1 heterocycles. The molecule has 0 saturated carbocycles. The molecule has 2 rings (SSSR count). The number of nitrogens with one attached hydrogen (secondary N) is 1. The first-order valence-corrected chi connectivity index (χ1v) is 6.41. The predicted molar refractivity (Wildman–Crippen MR) is 71.4 cm³/mol. The molecule has 1 aliphatic heterocycles. The highest BCUT2D eigenvalue weighted by Gasteiger charge is 2.32. The minimum Gasteiger partial charge on any atom is -0.399 e. The molecule has 1 atom stereocenters. The third-order valence-corrected chi connectivity index (χ3v) is 3.11. The average molecular weight is 285 g/mol. The number of morpholine rings is 1. The van der Waals surface area contributed by atoms with Gasteiger partial charge in [0.2, 0.25) is 5.91 Å². The predicted octanol–water partition coefficient (Wildman–Crippen LogP) is 0.888. The molecular weight excluding hydrogens is 268 g/mol. The summed E-state index contributed by atoms with van der Waals surface area (Å²) in [5.74, 6) is -1.87. The molecule has 1 aliphatic rings. The Morgan fingerprint density at radius 2 is 2.15 bits per heavy atom. The number of hydrogen-bond acceptors (Lipinski definition) is 4. The van der Waals surface area contributed by atoms with Crippen LogP contribution >= 0.6 is 0 Å². The van der Waals surface area contributed by atoms with Crippen LogP contribution in [0.15, 0.2) is 12.1 Å². The fourth-order valence-electron chi connectivity index (χ4n) is 2.24. The second-order valence-electron chi connectivity index (χ2n) is 4.51. The van der Waals surface area contributed by atoms with Gasteiger partial charge in [-0.15, -0.1) is 0 Å². The Labute approximate surface area is 115 Å². The standard InChI is InChI=1S/C13H17F2N3O2/c1-2-17-13(19)11-7-20-4-3-18(11)12-9(14)5-8(16)6-10(12)15/h5-6,11H,2-4,7,16H2,1H3,(H,17,19). The van der Waals surface area contributed by atoms with Crippen molar-refractivity contribution in [2.24, 2.45) is 0 Å². The summed E-state index contributed by atoms with van der Waals surface area (Å²) in [4.78, 5) is 13.4. The summed E-state index contributed by atoms with van der Waals surface area (Å²) in [6.45, 7) is 2.85. The van der Waals surface area contributed by atoms with E-state index in [0.717, 1.165) is 12.1 Å². The molecule has 0 aromatic heterocycles. The van der Waals surface area contributed by atoms with Crippen LogP contribution in [0.2, 0.25) is 0 Å². The molecule has 0 radical (unpaired) electrons. The van der Waals surface area contributed by atoms with E-state index in [-0.39, 0.29) is 30.4 Å². The normalized spacial score (nSPS) is 18.9. The quantitative estimate of drug-likeness (QED) is 0.809. The van der Waals surface area contributed by atoms with E-state index in [2.05, 4.69) is 5.32 Å². The number of halogens is 2. The second kappa shape index (κ2) is 6.04. The molecule has 1 amide bonds. The second-order valence-corrected chi connectivity index (χ2v) is 4.51. The topological polar surface area (TPSA) is 67.6 Å². The van der Waals surface area contributed by atoms with E-state index in [1.54, 1.807) is 6.92 Å². The first-order chi connectivity index (χ1) is 9.54. The van der Waals surface area contributed by atoms with Crippen molar-refractivity contribution in [1.82, 2.24) is 5.32 Å². The molecule has 1 aromatic carbocycles. The summed E-state index contributed by atoms with van der Waals surface area (Å²) in [6.07, 6.45) is 0. The van der Waals surface area contributed by atoms with Crippen molar-refractivity contribution >= 4 is 17.3 Å². The van der Waals surface area contributed by atoms with E-state index in [0.29, 0.717) is 13.2 Å². The number of carbonyl (C=O) groups is 1. The maximum Gasteiger partial charge on any atom is 0.245 e. The number of nitrogens with zero attached hydrogens (tertiary/aromatic N) is 1. The summed E-state index contributed by atoms with van der Waals surface area (Å²) in [5.41, 5.74) is 5.17. The number of anilines is 2. The summed E-state index contributed by atoms with van der Waals surface area (Å²) in [5, 5.41) is 2.64. The van der Waals surface area contributed by atoms with Crippen LogP contribution in [0.1, 0.15) is 6.92 Å². The number of ether oxygens (including phenoxy) is 1. The molecule has 7 heteroatoms. The van der Waals surface area contributed by atoms with Crippen molar-refractivity contribution in [2.45, 2.75) is 13.0 Å². The molecule has 0 aliphatic carbocycles. The third-order valence-electron chi connectivity index (χ3n) is 3.11. The lowest BCUT2D eigenvalue weighted by atomic mass is 10.1. The van der Waals surface area contributed by atoms with Crippen molar-refractivity contribution in [3.8, 4) is 0 Å². The first kappa shape index (κ1) is 14.5. The number of nitrogens with two attached hydrogens (primary N) is 1. The van der Waals surface area contributed by atoms with Crippen molar-refractivity contribution in [2.75, 3.05) is 36.9 Å². The Morgan fingerprint density at radius 1 is 1.50 bits per heavy atom. The van der Waals surface area contributed by atoms with Gasteiger partial charge in [-0.05, 0) is 19.1 Å². The van der Waals surface area contributed by atoms with E-state index in [1.807, 2.05) is 0 Å². The average Bonchev–Trinajstić information content (AvgIpc) is 2.38. The van der Waals surface area contributed by atoms with E-state index >= 15 is 0 Å². The van der Waals surface area contributed by atoms with Crippen LogP contribution in [0, 0.1) is 11.6 Å². The van der Waals surface area contributed by atoms with Gasteiger partial charge in [0.1, 0.15) is 11.7 Å². The van der Waals surface area contributed by atoms with Gasteiger partial charge in [0.15, 0.2) is 11.6 Å². The molecule has 1 fully saturated rings. The molecule has 1 aromatic rings. The number of hydrogen-bond donors (Lipinski definition) is 2. The molecule has 110 valence electrons. The molecule has 5 nitrogen and oxygen atoms in total. The molecule has 3 N–H and O–H groups in total. The number of rotatable bonds is 3. The number of benzene rings is 1. The highest BCUT2D eigenvalue weighted by atomic mass is 19.1. The van der Waals surface area contributed by atoms with Crippen LogP contribution in [0.4, 0.5) is 20.2 Å². The van der Waals surface area contributed by atoms with Gasteiger partial charge in [-0.25, -0.2) is 8.78 Å². The third kappa shape index (κ3) is 2.82. The van der Waals surface area contributed by atoms with Gasteiger partial charge in [-0.3, -0.25) is 4.79 Å². The largest absolute Gasteiger partial charge is 0.399 e. The summed E-state index contributed by atoms with van der Waals surface area (Å²) in [6, 6.07) is 1.34. The number of nitrogen functional groups attached to an aromatic ring is 1. The van der Waals surface area contributed by atoms with Gasteiger partial charge in [0.05, 0.1) is 13.2 Å². The molecule has 1 saturated heterocycles. The Kier molecular flexibility index (Phi) is 4.39. The lowest BCUT2D eigenvalue weighted by Crippen LogP contribution is -2.54. The maximum absolute atomic E-state index is 14.0. The lowest BCUT2D eigenvalue weighted by molar-refractivity contribution is -0.124. The van der Waals surface area contributed by atoms with Gasteiger partial charge in [0.25, 0.3) is 0 Å². The fourth-order valence-corrected chi connectivity index (χ4v) is 2.24. The van der Waals surface area contributed by atoms with Crippen LogP contribution < -0.4 is 16.0 Å². The molecule has 0 spiro atoms. The number of amides is 1. The van der Waals surface area contributed by atoms with Crippen molar-refractivity contribution in [3.63, 3.8) is 0 Å². The van der Waals surface area contributed by atoms with Crippen molar-refractivity contribution < 1.29 is 18.3 Å². The van der Waals surface area contributed by atoms with Gasteiger partial charge in [-0.2, -0.15) is 0 Å². The van der Waals surface area contributed by atoms with Crippen LogP contribution in [-0.4, -0.2) is 38.3 Å². The molecular formula is C13H17F2N3O2. The zero-order valence-corrected chi connectivity index (χ0v) is 11.2. The van der Waals surface area contributed by atoms with E-state index in [1.165, 1.54) is 4.90 Å². The van der Waals surface area contributed by atoms with Gasteiger partial charge in [-0.1, -0.05) is 0 Å². The van der Waals surface area contributed by atoms with E-state index < -0.39 is 17.7 Å². The minimum atomic E-state index is -0.779. The van der Waals surface area contributed by atoms with E-state index in [4.69, 9.17) is 10.5 Å². The monoisotopic (exact) mass is 285 g/mol. The van der Waals surface area contributed by atoms with Crippen LogP contribution in [-0.2, 0) is 9.53 Å². The lowest BCUT2D eigenvalue weighted by Gasteiger charge is -2.36. The highest BCUT2D eigenvalue weighted by molar-refractivity contribution is 5.85. The van der Waals surface area contributed by atoms with Crippen molar-refractivity contribution in [3.05, 3.63) is 23.8 Å². The summed E-state index contributed by atoms with van der Waals surface area (Å²) >= 11 is 0. The van der Waals surface area contributed by atoms with Crippen molar-refractivity contribution in [1.29, 1.82) is 0 Å². The number of carbonyl (C=O) groups excluding carboxylic acids is 1. The van der Waals surface area contributed by atoms with Gasteiger partial charge < -0.3 is 20.7 Å². The summed E-state index contributed by atoms with van der Waals surface area (Å²) < 4.78 is 33.2. The Hall–Kier alpha value is -1.89. The number of likely N-dealkylation sites (N-methyl/N-ethyl adjacent to an activating group) is 1. The fraction of sp³-hybridized carbons (Fsp3) is 0.462. The van der Waals surface area contributed by atoms with Crippen LogP contribution in [0.3, 0.4) is 0 Å². The zero-order valence-electron chi connectivity index (χ0n) is 11.2. The molecule has 1 unspecified atom stereocenters. The van der Waals surface area contributed by atoms with Gasteiger partial charge >= 0.3 is 0 Å². The first-order valence-electron chi connectivity index (χ1n) is 6.41. The van der Waals surface area contributed by atoms with E-state index in [9.17, 15) is 13.6 Å². The van der Waals surface area contributed by atoms with Gasteiger partial charge in [0, 0.05) is 18.8 Å². The molecule has 0 bridgehead atoms. The Morgan fingerprint density at radius 3 is 2.75 bits per heavy atom. The Bertz CT molecular complexity index is 487. The Balaban J connectivity index is 2.35. The smallest absolute Gasteiger partial charge is 0.245 e. The summed E-state index contributed by atoms with van der Waals surface area (Å²) in [7, 11) is 0. The minimum absolute atomic E-state index is 0.00608. The van der Waals surface area contributed by atoms with Crippen LogP contribution in [0.25, 0.3) is 0 Å². The SMILES string of the molecule is CCNC(=O)C1COCCN1c1c(F)cc(N)cc1F. The van der Waals surface area contributed by atoms with Crippen LogP contribution in [0.5, 0.6) is 0 Å². The zero-order chi connectivity index (χ0) is 14.7.